The highest BCUT2D eigenvalue weighted by Gasteiger charge is 1.93. The minimum Gasteiger partial charge on any atom is -0.237 e. The first-order valence-corrected chi connectivity index (χ1v) is 5.64. The largest absolute Gasteiger partial charge is 0.237 e. The van der Waals surface area contributed by atoms with Crippen LogP contribution in [0.1, 0.15) is 5.56 Å². The van der Waals surface area contributed by atoms with Crippen LogP contribution in [0.5, 0.6) is 0 Å². The van der Waals surface area contributed by atoms with Crippen molar-refractivity contribution >= 4 is 34.6 Å². The summed E-state index contributed by atoms with van der Waals surface area (Å²) in [5.41, 5.74) is 1.11. The summed E-state index contributed by atoms with van der Waals surface area (Å²) in [6.45, 7) is 0. The predicted octanol–water partition coefficient (Wildman–Crippen LogP) is 3.44. The molecule has 0 saturated heterocycles. The van der Waals surface area contributed by atoms with Crippen molar-refractivity contribution in [2.24, 2.45) is 4.99 Å². The highest BCUT2D eigenvalue weighted by atomic mass is 127. The second kappa shape index (κ2) is 5.02. The summed E-state index contributed by atoms with van der Waals surface area (Å²) >= 11 is 2.29. The summed E-state index contributed by atoms with van der Waals surface area (Å²) in [7, 11) is 0. The molecule has 3 heteroatoms. The fraction of sp³-hybridized carbons (Fsp3) is 0. The molecule has 0 unspecified atom stereocenters. The van der Waals surface area contributed by atoms with E-state index in [1.165, 1.54) is 3.57 Å². The minimum absolute atomic E-state index is 0.733. The van der Waals surface area contributed by atoms with Gasteiger partial charge in [-0.1, -0.05) is 24.3 Å². The summed E-state index contributed by atoms with van der Waals surface area (Å²) in [4.78, 5) is 8.42. The van der Waals surface area contributed by atoms with Crippen molar-refractivity contribution in [3.8, 4) is 0 Å². The van der Waals surface area contributed by atoms with Crippen LogP contribution in [0, 0.1) is 3.57 Å². The molecular formula is C12H9IN2. The highest BCUT2D eigenvalue weighted by molar-refractivity contribution is 14.1. The molecular weight excluding hydrogens is 299 g/mol. The van der Waals surface area contributed by atoms with Crippen molar-refractivity contribution in [1.29, 1.82) is 0 Å². The van der Waals surface area contributed by atoms with Crippen LogP contribution in [0.3, 0.4) is 0 Å². The zero-order valence-corrected chi connectivity index (χ0v) is 10.1. The van der Waals surface area contributed by atoms with E-state index in [4.69, 9.17) is 0 Å². The van der Waals surface area contributed by atoms with Gasteiger partial charge in [-0.2, -0.15) is 0 Å². The van der Waals surface area contributed by atoms with Crippen molar-refractivity contribution in [2.75, 3.05) is 0 Å². The summed E-state index contributed by atoms with van der Waals surface area (Å²) in [6.07, 6.45) is 3.58. The lowest BCUT2D eigenvalue weighted by Gasteiger charge is -1.96. The third-order valence-corrected chi connectivity index (χ3v) is 2.87. The van der Waals surface area contributed by atoms with Gasteiger partial charge in [-0.25, -0.2) is 9.98 Å². The number of rotatable bonds is 2. The van der Waals surface area contributed by atoms with E-state index in [9.17, 15) is 0 Å². The number of aliphatic imine (C=N–C) groups is 1. The van der Waals surface area contributed by atoms with Crippen LogP contribution >= 0.6 is 22.6 Å². The number of nitrogens with zero attached hydrogens (tertiary/aromatic N) is 2. The molecule has 0 saturated carbocycles. The van der Waals surface area contributed by atoms with Crippen LogP contribution < -0.4 is 0 Å². The zero-order valence-electron chi connectivity index (χ0n) is 7.97. The molecule has 0 aliphatic rings. The van der Waals surface area contributed by atoms with Crippen molar-refractivity contribution in [2.45, 2.75) is 0 Å². The maximum Gasteiger partial charge on any atom is 0.151 e. The van der Waals surface area contributed by atoms with E-state index in [1.54, 1.807) is 6.20 Å². The Morgan fingerprint density at radius 3 is 2.60 bits per heavy atom. The number of halogens is 1. The lowest BCUT2D eigenvalue weighted by atomic mass is 10.2. The quantitative estimate of drug-likeness (QED) is 0.616. The van der Waals surface area contributed by atoms with Gasteiger partial charge in [0.15, 0.2) is 5.82 Å². The number of hydrogen-bond donors (Lipinski definition) is 0. The molecule has 0 aliphatic carbocycles. The molecule has 0 N–H and O–H groups in total. The molecule has 1 aromatic heterocycles. The van der Waals surface area contributed by atoms with E-state index >= 15 is 0 Å². The molecule has 1 heterocycles. The van der Waals surface area contributed by atoms with Crippen LogP contribution in [0.25, 0.3) is 0 Å². The van der Waals surface area contributed by atoms with Crippen LogP contribution in [0.2, 0.25) is 0 Å². The average Bonchev–Trinajstić information content (AvgIpc) is 2.29. The van der Waals surface area contributed by atoms with Gasteiger partial charge in [-0.05, 0) is 40.8 Å². The number of benzene rings is 1. The Kier molecular flexibility index (Phi) is 3.45. The molecule has 1 aromatic carbocycles. The van der Waals surface area contributed by atoms with Gasteiger partial charge < -0.3 is 0 Å². The summed E-state index contributed by atoms with van der Waals surface area (Å²) in [6, 6.07) is 13.8. The number of aromatic nitrogens is 1. The smallest absolute Gasteiger partial charge is 0.151 e. The Hall–Kier alpha value is -1.23. The topological polar surface area (TPSA) is 25.2 Å². The van der Waals surface area contributed by atoms with E-state index < -0.39 is 0 Å². The maximum atomic E-state index is 4.30. The van der Waals surface area contributed by atoms with Gasteiger partial charge in [0.1, 0.15) is 0 Å². The van der Waals surface area contributed by atoms with E-state index in [-0.39, 0.29) is 0 Å². The molecule has 2 aromatic rings. The summed E-state index contributed by atoms with van der Waals surface area (Å²) in [5.74, 6) is 0.733. The SMILES string of the molecule is Ic1ccccc1/C=N\c1ccccn1. The first-order valence-electron chi connectivity index (χ1n) is 4.56. The maximum absolute atomic E-state index is 4.30. The van der Waals surface area contributed by atoms with Crippen LogP contribution in [0.4, 0.5) is 5.82 Å². The van der Waals surface area contributed by atoms with E-state index in [0.29, 0.717) is 0 Å². The first kappa shape index (κ1) is 10.3. The Morgan fingerprint density at radius 2 is 1.87 bits per heavy atom. The van der Waals surface area contributed by atoms with E-state index in [2.05, 4.69) is 38.6 Å². The van der Waals surface area contributed by atoms with Gasteiger partial charge in [0.2, 0.25) is 0 Å². The Morgan fingerprint density at radius 1 is 1.07 bits per heavy atom. The van der Waals surface area contributed by atoms with Gasteiger partial charge >= 0.3 is 0 Å². The van der Waals surface area contributed by atoms with Crippen LogP contribution in [-0.4, -0.2) is 11.2 Å². The summed E-state index contributed by atoms with van der Waals surface area (Å²) < 4.78 is 1.19. The van der Waals surface area contributed by atoms with Gasteiger partial charge in [0.05, 0.1) is 0 Å². The first-order chi connectivity index (χ1) is 7.36. The monoisotopic (exact) mass is 308 g/mol. The van der Waals surface area contributed by atoms with Crippen LogP contribution in [-0.2, 0) is 0 Å². The van der Waals surface area contributed by atoms with Gasteiger partial charge in [0.25, 0.3) is 0 Å². The molecule has 0 radical (unpaired) electrons. The van der Waals surface area contributed by atoms with E-state index in [1.807, 2.05) is 42.6 Å². The van der Waals surface area contributed by atoms with Crippen molar-refractivity contribution in [3.63, 3.8) is 0 Å². The number of hydrogen-bond acceptors (Lipinski definition) is 2. The van der Waals surface area contributed by atoms with Crippen molar-refractivity contribution in [1.82, 2.24) is 4.98 Å². The highest BCUT2D eigenvalue weighted by Crippen LogP contribution is 2.11. The lowest BCUT2D eigenvalue weighted by molar-refractivity contribution is 1.28. The molecule has 0 spiro atoms. The summed E-state index contributed by atoms with van der Waals surface area (Å²) in [5, 5.41) is 0. The Balaban J connectivity index is 2.23. The predicted molar refractivity (Wildman–Crippen MR) is 70.7 cm³/mol. The zero-order chi connectivity index (χ0) is 10.5. The Bertz CT molecular complexity index is 466. The van der Waals surface area contributed by atoms with Crippen molar-refractivity contribution in [3.05, 3.63) is 57.8 Å². The molecule has 0 fully saturated rings. The fourth-order valence-corrected chi connectivity index (χ4v) is 1.67. The van der Waals surface area contributed by atoms with Gasteiger partial charge in [0, 0.05) is 21.5 Å². The second-order valence-electron chi connectivity index (χ2n) is 2.97. The Labute approximate surface area is 102 Å². The average molecular weight is 308 g/mol. The second-order valence-corrected chi connectivity index (χ2v) is 4.13. The third-order valence-electron chi connectivity index (χ3n) is 1.89. The van der Waals surface area contributed by atoms with Crippen LogP contribution in [0.15, 0.2) is 53.7 Å². The molecule has 0 atom stereocenters. The lowest BCUT2D eigenvalue weighted by Crippen LogP contribution is -1.84. The van der Waals surface area contributed by atoms with Gasteiger partial charge in [-0.3, -0.25) is 0 Å². The normalized spacial score (nSPS) is 10.7. The van der Waals surface area contributed by atoms with E-state index in [0.717, 1.165) is 11.4 Å². The third kappa shape index (κ3) is 2.86. The molecule has 2 rings (SSSR count). The van der Waals surface area contributed by atoms with Crippen molar-refractivity contribution < 1.29 is 0 Å². The molecule has 0 aliphatic heterocycles. The molecule has 15 heavy (non-hydrogen) atoms. The molecule has 74 valence electrons. The molecule has 0 amide bonds. The minimum atomic E-state index is 0.733. The number of pyridine rings is 1. The fourth-order valence-electron chi connectivity index (χ4n) is 1.15. The molecule has 0 bridgehead atoms. The standard InChI is InChI=1S/C12H9IN2/c13-11-6-2-1-5-10(11)9-15-12-7-3-4-8-14-12/h1-9H/b15-9-. The van der Waals surface area contributed by atoms with Gasteiger partial charge in [-0.15, -0.1) is 0 Å². The molecule has 2 nitrogen and oxygen atoms in total.